The number of carboxylic acids is 1. The van der Waals surface area contributed by atoms with Gasteiger partial charge in [0.15, 0.2) is 0 Å². The van der Waals surface area contributed by atoms with E-state index in [1.807, 2.05) is 19.9 Å². The van der Waals surface area contributed by atoms with Crippen LogP contribution in [0.4, 0.5) is 0 Å². The van der Waals surface area contributed by atoms with Crippen LogP contribution in [0.25, 0.3) is 0 Å². The van der Waals surface area contributed by atoms with Crippen LogP contribution in [0.2, 0.25) is 0 Å². The van der Waals surface area contributed by atoms with Crippen molar-refractivity contribution in [1.82, 2.24) is 30.7 Å². The van der Waals surface area contributed by atoms with Crippen molar-refractivity contribution in [2.24, 2.45) is 17.8 Å². The van der Waals surface area contributed by atoms with E-state index in [4.69, 9.17) is 9.47 Å². The lowest BCUT2D eigenvalue weighted by atomic mass is 9.88. The number of carbonyl (C=O) groups is 8. The zero-order chi connectivity index (χ0) is 48.0. The van der Waals surface area contributed by atoms with Gasteiger partial charge >= 0.3 is 5.97 Å². The molecule has 1 saturated carbocycles. The number of likely N-dealkylation sites (N-methyl/N-ethyl adjacent to an activating group) is 1. The Morgan fingerprint density at radius 1 is 0.877 bits per heavy atom. The Morgan fingerprint density at radius 2 is 1.52 bits per heavy atom. The number of ether oxygens (including phenoxy) is 2. The average molecular weight is 909 g/mol. The molecule has 0 unspecified atom stereocenters. The van der Waals surface area contributed by atoms with Gasteiger partial charge in [0.05, 0.1) is 36.6 Å². The SMILES string of the molecule is CO[C@H]([C@@H](C)C(=O)N[C@@H](Cc1ccccc1)C(=O)O)[C@@H]1CCCN1C(=O)C[C@@H](OC)[C@H](C1CCCC1)N(C)C(=O)[C@@H](NC(=O)C(C)(C)NC(=O)CCCCCN1C(=O)C=CC1=O)C(C)C. The highest BCUT2D eigenvalue weighted by Crippen LogP contribution is 2.35. The fourth-order valence-electron chi connectivity index (χ4n) is 9.49. The van der Waals surface area contributed by atoms with E-state index in [1.54, 1.807) is 61.9 Å². The summed E-state index contributed by atoms with van der Waals surface area (Å²) in [6.07, 6.45) is 7.68. The molecule has 4 rings (SSSR count). The van der Waals surface area contributed by atoms with Crippen LogP contribution in [-0.4, -0.2) is 143 Å². The normalized spacial score (nSPS) is 19.4. The molecule has 0 radical (unpaired) electrons. The molecule has 1 aromatic carbocycles. The quantitative estimate of drug-likeness (QED) is 0.0823. The van der Waals surface area contributed by atoms with E-state index < -0.39 is 65.6 Å². The Hall–Kier alpha value is -5.16. The van der Waals surface area contributed by atoms with Crippen LogP contribution >= 0.6 is 0 Å². The molecule has 1 aliphatic carbocycles. The third kappa shape index (κ3) is 14.2. The Balaban J connectivity index is 1.40. The number of hydrogen-bond acceptors (Lipinski definition) is 10. The van der Waals surface area contributed by atoms with Crippen molar-refractivity contribution in [1.29, 1.82) is 0 Å². The van der Waals surface area contributed by atoms with Crippen LogP contribution in [0.15, 0.2) is 42.5 Å². The number of likely N-dealkylation sites (tertiary alicyclic amines) is 1. The number of carboxylic acid groups (broad SMARTS) is 1. The third-order valence-electron chi connectivity index (χ3n) is 13.2. The predicted molar refractivity (Wildman–Crippen MR) is 242 cm³/mol. The van der Waals surface area contributed by atoms with Crippen molar-refractivity contribution in [3.05, 3.63) is 48.0 Å². The molecule has 2 fully saturated rings. The number of unbranched alkanes of at least 4 members (excludes halogenated alkanes) is 2. The molecular weight excluding hydrogens is 837 g/mol. The fourth-order valence-corrected chi connectivity index (χ4v) is 9.49. The fraction of sp³-hybridized carbons (Fsp3) is 0.667. The first-order valence-electron chi connectivity index (χ1n) is 23.2. The molecule has 1 saturated heterocycles. The Morgan fingerprint density at radius 3 is 2.11 bits per heavy atom. The zero-order valence-electron chi connectivity index (χ0n) is 39.5. The smallest absolute Gasteiger partial charge is 0.326 e. The summed E-state index contributed by atoms with van der Waals surface area (Å²) in [4.78, 5) is 109. The number of benzene rings is 1. The van der Waals surface area contributed by atoms with Crippen molar-refractivity contribution in [3.8, 4) is 0 Å². The lowest BCUT2D eigenvalue weighted by Gasteiger charge is -2.41. The summed E-state index contributed by atoms with van der Waals surface area (Å²) in [6, 6.07) is 5.95. The summed E-state index contributed by atoms with van der Waals surface area (Å²) >= 11 is 0. The molecule has 2 aliphatic heterocycles. The van der Waals surface area contributed by atoms with Crippen LogP contribution in [-0.2, 0) is 54.3 Å². The number of nitrogens with zero attached hydrogens (tertiary/aromatic N) is 3. The van der Waals surface area contributed by atoms with Gasteiger partial charge in [-0.15, -0.1) is 0 Å². The van der Waals surface area contributed by atoms with Crippen molar-refractivity contribution < 1.29 is 52.9 Å². The van der Waals surface area contributed by atoms with E-state index in [0.29, 0.717) is 38.6 Å². The summed E-state index contributed by atoms with van der Waals surface area (Å²) in [7, 11) is 4.69. The molecule has 17 nitrogen and oxygen atoms in total. The number of carbonyl (C=O) groups excluding carboxylic acids is 7. The first-order chi connectivity index (χ1) is 30.8. The Bertz CT molecular complexity index is 1850. The second-order valence-corrected chi connectivity index (χ2v) is 18.7. The molecule has 7 amide bonds. The molecule has 360 valence electrons. The molecule has 1 aromatic rings. The molecule has 65 heavy (non-hydrogen) atoms. The summed E-state index contributed by atoms with van der Waals surface area (Å²) < 4.78 is 12.0. The maximum absolute atomic E-state index is 14.5. The third-order valence-corrected chi connectivity index (χ3v) is 13.2. The summed E-state index contributed by atoms with van der Waals surface area (Å²) in [6.45, 7) is 9.17. The number of methoxy groups -OCH3 is 2. The van der Waals surface area contributed by atoms with Gasteiger partial charge in [-0.05, 0) is 69.8 Å². The Labute approximate surface area is 383 Å². The molecule has 4 N–H and O–H groups in total. The van der Waals surface area contributed by atoms with Gasteiger partial charge in [0.25, 0.3) is 11.8 Å². The number of rotatable bonds is 25. The number of nitrogens with one attached hydrogen (secondary N) is 3. The van der Waals surface area contributed by atoms with Gasteiger partial charge in [0.2, 0.25) is 29.5 Å². The van der Waals surface area contributed by atoms with Gasteiger partial charge in [-0.25, -0.2) is 4.79 Å². The van der Waals surface area contributed by atoms with Gasteiger partial charge in [-0.3, -0.25) is 38.5 Å². The monoisotopic (exact) mass is 909 g/mol. The molecule has 2 heterocycles. The predicted octanol–water partition coefficient (Wildman–Crippen LogP) is 3.38. The number of aliphatic carboxylic acids is 1. The first-order valence-corrected chi connectivity index (χ1v) is 23.2. The zero-order valence-corrected chi connectivity index (χ0v) is 39.5. The molecule has 0 spiro atoms. The molecular formula is C48H72N6O11. The summed E-state index contributed by atoms with van der Waals surface area (Å²) in [5, 5.41) is 18.3. The van der Waals surface area contributed by atoms with E-state index in [0.717, 1.165) is 36.1 Å². The number of amides is 7. The van der Waals surface area contributed by atoms with Crippen LogP contribution in [0.1, 0.15) is 111 Å². The van der Waals surface area contributed by atoms with E-state index in [-0.39, 0.29) is 67.2 Å². The molecule has 7 atom stereocenters. The molecule has 0 aromatic heterocycles. The van der Waals surface area contributed by atoms with Crippen LogP contribution in [0, 0.1) is 17.8 Å². The van der Waals surface area contributed by atoms with Crippen LogP contribution < -0.4 is 16.0 Å². The largest absolute Gasteiger partial charge is 0.480 e. The second-order valence-electron chi connectivity index (χ2n) is 18.7. The van der Waals surface area contributed by atoms with Crippen LogP contribution in [0.5, 0.6) is 0 Å². The van der Waals surface area contributed by atoms with Crippen LogP contribution in [0.3, 0.4) is 0 Å². The van der Waals surface area contributed by atoms with Crippen molar-refractivity contribution in [3.63, 3.8) is 0 Å². The minimum absolute atomic E-state index is 0.0248. The van der Waals surface area contributed by atoms with E-state index >= 15 is 0 Å². The lowest BCUT2D eigenvalue weighted by Crippen LogP contribution is -2.62. The van der Waals surface area contributed by atoms with Crippen molar-refractivity contribution in [2.75, 3.05) is 34.4 Å². The van der Waals surface area contributed by atoms with Gasteiger partial charge in [-0.2, -0.15) is 0 Å². The van der Waals surface area contributed by atoms with E-state index in [9.17, 15) is 43.5 Å². The highest BCUT2D eigenvalue weighted by Gasteiger charge is 2.45. The highest BCUT2D eigenvalue weighted by molar-refractivity contribution is 6.12. The van der Waals surface area contributed by atoms with Gasteiger partial charge < -0.3 is 40.3 Å². The van der Waals surface area contributed by atoms with Crippen molar-refractivity contribution >= 4 is 47.3 Å². The second kappa shape index (κ2) is 24.4. The number of hydrogen-bond donors (Lipinski definition) is 4. The minimum atomic E-state index is -1.36. The topological polar surface area (TPSA) is 221 Å². The lowest BCUT2D eigenvalue weighted by molar-refractivity contribution is -0.148. The maximum atomic E-state index is 14.5. The van der Waals surface area contributed by atoms with E-state index in [1.165, 1.54) is 26.4 Å². The van der Waals surface area contributed by atoms with Gasteiger partial charge in [0, 0.05) is 59.4 Å². The van der Waals surface area contributed by atoms with Gasteiger partial charge in [-0.1, -0.05) is 70.4 Å². The van der Waals surface area contributed by atoms with Gasteiger partial charge in [0.1, 0.15) is 17.6 Å². The highest BCUT2D eigenvalue weighted by atomic mass is 16.5. The maximum Gasteiger partial charge on any atom is 0.326 e. The summed E-state index contributed by atoms with van der Waals surface area (Å²) in [5.41, 5.74) is -0.595. The standard InChI is InChI=1S/C48H72N6O11/c1-30(2)41(50-47(63)48(4,5)51-37(55)23-13-10-16-26-54-38(56)24-25-39(54)57)45(60)52(6)42(33-20-14-15-21-33)36(64-7)29-40(58)53-27-17-22-35(53)43(65-8)31(3)44(59)49-34(46(61)62)28-32-18-11-9-12-19-32/h9,11-12,18-19,24-25,30-31,33-36,41-43H,10,13-17,20-23,26-29H2,1-8H3,(H,49,59)(H,50,63)(H,51,55)(H,61,62)/t31-,34+,35+,36-,41+,42+,43-/m1/s1. The minimum Gasteiger partial charge on any atom is -0.480 e. The van der Waals surface area contributed by atoms with E-state index in [2.05, 4.69) is 16.0 Å². The molecule has 3 aliphatic rings. The Kier molecular flexibility index (Phi) is 19.7. The first kappa shape index (κ1) is 52.5. The molecule has 17 heteroatoms. The average Bonchev–Trinajstić information content (AvgIpc) is 4.05. The van der Waals surface area contributed by atoms with Crippen molar-refractivity contribution in [2.45, 2.75) is 154 Å². The molecule has 0 bridgehead atoms. The number of imide groups is 1. The summed E-state index contributed by atoms with van der Waals surface area (Å²) in [5.74, 6) is -4.90.